The summed E-state index contributed by atoms with van der Waals surface area (Å²) in [5, 5.41) is 8.85. The Hall–Kier alpha value is -1.08. The van der Waals surface area contributed by atoms with E-state index < -0.39 is 0 Å². The third-order valence-corrected chi connectivity index (χ3v) is 4.03. The van der Waals surface area contributed by atoms with Gasteiger partial charge in [0.1, 0.15) is 0 Å². The highest BCUT2D eigenvalue weighted by Gasteiger charge is 2.22. The summed E-state index contributed by atoms with van der Waals surface area (Å²) in [6, 6.07) is 2.75. The highest BCUT2D eigenvalue weighted by molar-refractivity contribution is 5.78. The van der Waals surface area contributed by atoms with Crippen LogP contribution in [0.25, 0.3) is 0 Å². The molecule has 0 N–H and O–H groups in total. The lowest BCUT2D eigenvalue weighted by molar-refractivity contribution is -0.132. The van der Waals surface area contributed by atoms with Crippen LogP contribution in [-0.2, 0) is 4.79 Å². The minimum atomic E-state index is -0.0936. The van der Waals surface area contributed by atoms with Crippen molar-refractivity contribution in [3.8, 4) is 6.07 Å². The zero-order chi connectivity index (χ0) is 14.3. The summed E-state index contributed by atoms with van der Waals surface area (Å²) in [6.07, 6.45) is 6.33. The zero-order valence-electron chi connectivity index (χ0n) is 12.6. The van der Waals surface area contributed by atoms with Gasteiger partial charge >= 0.3 is 0 Å². The monoisotopic (exact) mass is 265 g/mol. The Balaban J connectivity index is 2.44. The van der Waals surface area contributed by atoms with Crippen LogP contribution < -0.4 is 0 Å². The van der Waals surface area contributed by atoms with Crippen LogP contribution >= 0.6 is 0 Å². The molecule has 0 radical (unpaired) electrons. The number of hydrogen-bond acceptors (Lipinski definition) is 3. The van der Waals surface area contributed by atoms with E-state index in [-0.39, 0.29) is 11.8 Å². The Morgan fingerprint density at radius 3 is 2.53 bits per heavy atom. The quantitative estimate of drug-likeness (QED) is 0.740. The molecule has 0 unspecified atom stereocenters. The molecule has 108 valence electrons. The standard InChI is InChI=1S/C15H27N3O/c1-4-18(11-13(2)10-16)15(19)12-17(3)14-8-6-5-7-9-14/h13-14H,4-9,11-12H2,1-3H3/t13-/m0/s1. The fourth-order valence-corrected chi connectivity index (χ4v) is 2.74. The molecular weight excluding hydrogens is 238 g/mol. The van der Waals surface area contributed by atoms with E-state index in [1.54, 1.807) is 4.90 Å². The maximum absolute atomic E-state index is 12.3. The second-order valence-electron chi connectivity index (χ2n) is 5.67. The summed E-state index contributed by atoms with van der Waals surface area (Å²) < 4.78 is 0. The van der Waals surface area contributed by atoms with Gasteiger partial charge in [-0.3, -0.25) is 9.69 Å². The van der Waals surface area contributed by atoms with Crippen molar-refractivity contribution in [3.63, 3.8) is 0 Å². The summed E-state index contributed by atoms with van der Waals surface area (Å²) in [7, 11) is 2.05. The van der Waals surface area contributed by atoms with Gasteiger partial charge in [-0.2, -0.15) is 5.26 Å². The van der Waals surface area contributed by atoms with Crippen molar-refractivity contribution in [1.82, 2.24) is 9.80 Å². The average molecular weight is 265 g/mol. The number of carbonyl (C=O) groups excluding carboxylic acids is 1. The van der Waals surface area contributed by atoms with Gasteiger partial charge in [0, 0.05) is 19.1 Å². The van der Waals surface area contributed by atoms with Crippen molar-refractivity contribution in [1.29, 1.82) is 5.26 Å². The summed E-state index contributed by atoms with van der Waals surface area (Å²) in [4.78, 5) is 16.2. The first-order valence-electron chi connectivity index (χ1n) is 7.46. The molecule has 0 aliphatic heterocycles. The van der Waals surface area contributed by atoms with Gasteiger partial charge in [0.2, 0.25) is 5.91 Å². The molecule has 0 aromatic heterocycles. The minimum absolute atomic E-state index is 0.0936. The van der Waals surface area contributed by atoms with Crippen molar-refractivity contribution >= 4 is 5.91 Å². The van der Waals surface area contributed by atoms with E-state index in [4.69, 9.17) is 5.26 Å². The van der Waals surface area contributed by atoms with E-state index in [1.807, 2.05) is 13.8 Å². The smallest absolute Gasteiger partial charge is 0.236 e. The third kappa shape index (κ3) is 5.20. The first-order valence-corrected chi connectivity index (χ1v) is 7.46. The van der Waals surface area contributed by atoms with E-state index in [2.05, 4.69) is 18.0 Å². The van der Waals surface area contributed by atoms with Crippen LogP contribution in [0.3, 0.4) is 0 Å². The Labute approximate surface area is 117 Å². The molecule has 1 atom stereocenters. The normalized spacial score (nSPS) is 18.1. The van der Waals surface area contributed by atoms with E-state index in [1.165, 1.54) is 32.1 Å². The van der Waals surface area contributed by atoms with Crippen LogP contribution in [0.5, 0.6) is 0 Å². The molecule has 1 aliphatic carbocycles. The van der Waals surface area contributed by atoms with Crippen LogP contribution in [0.4, 0.5) is 0 Å². The van der Waals surface area contributed by atoms with Crippen LogP contribution in [0.2, 0.25) is 0 Å². The molecule has 19 heavy (non-hydrogen) atoms. The predicted molar refractivity (Wildman–Crippen MR) is 76.5 cm³/mol. The van der Waals surface area contributed by atoms with Crippen molar-refractivity contribution in [3.05, 3.63) is 0 Å². The minimum Gasteiger partial charge on any atom is -0.341 e. The molecular formula is C15H27N3O. The summed E-state index contributed by atoms with van der Waals surface area (Å²) in [5.74, 6) is 0.0570. The molecule has 1 fully saturated rings. The van der Waals surface area contributed by atoms with Crippen LogP contribution in [0, 0.1) is 17.2 Å². The van der Waals surface area contributed by atoms with Crippen LogP contribution in [0.1, 0.15) is 46.0 Å². The molecule has 4 heteroatoms. The Morgan fingerprint density at radius 2 is 2.00 bits per heavy atom. The maximum atomic E-state index is 12.3. The molecule has 1 rings (SSSR count). The van der Waals surface area contributed by atoms with Gasteiger partial charge in [0.15, 0.2) is 0 Å². The molecule has 4 nitrogen and oxygen atoms in total. The molecule has 0 saturated heterocycles. The predicted octanol–water partition coefficient (Wildman–Crippen LogP) is 2.26. The number of amides is 1. The highest BCUT2D eigenvalue weighted by atomic mass is 16.2. The molecule has 1 amide bonds. The van der Waals surface area contributed by atoms with Gasteiger partial charge in [-0.25, -0.2) is 0 Å². The lowest BCUT2D eigenvalue weighted by Crippen LogP contribution is -2.44. The van der Waals surface area contributed by atoms with Crippen molar-refractivity contribution < 1.29 is 4.79 Å². The Bertz CT molecular complexity index is 318. The lowest BCUT2D eigenvalue weighted by Gasteiger charge is -2.32. The molecule has 0 aromatic rings. The van der Waals surface area contributed by atoms with E-state index in [0.29, 0.717) is 25.7 Å². The lowest BCUT2D eigenvalue weighted by atomic mass is 9.94. The molecule has 1 aliphatic rings. The fraction of sp³-hybridized carbons (Fsp3) is 0.867. The van der Waals surface area contributed by atoms with E-state index in [9.17, 15) is 4.79 Å². The van der Waals surface area contributed by atoms with Gasteiger partial charge in [0.05, 0.1) is 18.5 Å². The van der Waals surface area contributed by atoms with E-state index in [0.717, 1.165) is 0 Å². The van der Waals surface area contributed by atoms with Crippen molar-refractivity contribution in [2.75, 3.05) is 26.7 Å². The van der Waals surface area contributed by atoms with Gasteiger partial charge in [-0.15, -0.1) is 0 Å². The third-order valence-electron chi connectivity index (χ3n) is 4.03. The molecule has 0 heterocycles. The first-order chi connectivity index (χ1) is 9.08. The van der Waals surface area contributed by atoms with Crippen LogP contribution in [0.15, 0.2) is 0 Å². The fourth-order valence-electron chi connectivity index (χ4n) is 2.74. The van der Waals surface area contributed by atoms with Gasteiger partial charge in [-0.05, 0) is 33.7 Å². The summed E-state index contributed by atoms with van der Waals surface area (Å²) >= 11 is 0. The van der Waals surface area contributed by atoms with Gasteiger partial charge in [0.25, 0.3) is 0 Å². The average Bonchev–Trinajstić information content (AvgIpc) is 2.45. The van der Waals surface area contributed by atoms with Crippen molar-refractivity contribution in [2.24, 2.45) is 5.92 Å². The number of nitriles is 1. The van der Waals surface area contributed by atoms with Gasteiger partial charge < -0.3 is 4.90 Å². The highest BCUT2D eigenvalue weighted by Crippen LogP contribution is 2.21. The first kappa shape index (κ1) is 16.0. The molecule has 0 bridgehead atoms. The van der Waals surface area contributed by atoms with Crippen LogP contribution in [-0.4, -0.2) is 48.4 Å². The number of rotatable bonds is 6. The Morgan fingerprint density at radius 1 is 1.37 bits per heavy atom. The summed E-state index contributed by atoms with van der Waals surface area (Å²) in [6.45, 7) is 5.55. The second kappa shape index (κ2) is 8.16. The summed E-state index contributed by atoms with van der Waals surface area (Å²) in [5.41, 5.74) is 0. The molecule has 1 saturated carbocycles. The SMILES string of the molecule is CCN(C[C@@H](C)C#N)C(=O)CN(C)C1CCCCC1. The van der Waals surface area contributed by atoms with Crippen molar-refractivity contribution in [2.45, 2.75) is 52.0 Å². The number of carbonyl (C=O) groups is 1. The maximum Gasteiger partial charge on any atom is 0.236 e. The number of hydrogen-bond donors (Lipinski definition) is 0. The van der Waals surface area contributed by atoms with E-state index >= 15 is 0 Å². The topological polar surface area (TPSA) is 47.3 Å². The van der Waals surface area contributed by atoms with Gasteiger partial charge in [-0.1, -0.05) is 19.3 Å². The number of likely N-dealkylation sites (N-methyl/N-ethyl adjacent to an activating group) is 2. The molecule has 0 aromatic carbocycles. The largest absolute Gasteiger partial charge is 0.341 e. The number of nitrogens with zero attached hydrogens (tertiary/aromatic N) is 3. The Kier molecular flexibility index (Phi) is 6.86. The second-order valence-corrected chi connectivity index (χ2v) is 5.67. The molecule has 0 spiro atoms. The zero-order valence-corrected chi connectivity index (χ0v) is 12.6.